The van der Waals surface area contributed by atoms with Crippen LogP contribution in [0.1, 0.15) is 24.0 Å². The first-order chi connectivity index (χ1) is 13.6. The minimum absolute atomic E-state index is 0.761. The first-order valence-electron chi connectivity index (χ1n) is 10.7. The van der Waals surface area contributed by atoms with Gasteiger partial charge in [0.25, 0.3) is 0 Å². The van der Waals surface area contributed by atoms with Crippen molar-refractivity contribution >= 4 is 0 Å². The van der Waals surface area contributed by atoms with Gasteiger partial charge in [-0.1, -0.05) is 12.1 Å². The third-order valence-electron chi connectivity index (χ3n) is 5.32. The summed E-state index contributed by atoms with van der Waals surface area (Å²) in [4.78, 5) is 0. The summed E-state index contributed by atoms with van der Waals surface area (Å²) in [6.45, 7) is 3.75. The number of rotatable bonds is 10. The summed E-state index contributed by atoms with van der Waals surface area (Å²) in [5.74, 6) is 1.93. The van der Waals surface area contributed by atoms with Gasteiger partial charge in [-0.15, -0.1) is 0 Å². The molecule has 1 aliphatic rings. The number of quaternary nitrogens is 2. The lowest BCUT2D eigenvalue weighted by Gasteiger charge is -2.23. The van der Waals surface area contributed by atoms with Gasteiger partial charge in [-0.3, -0.25) is 0 Å². The molecular weight excluding hydrogens is 360 g/mol. The van der Waals surface area contributed by atoms with Crippen molar-refractivity contribution in [1.82, 2.24) is 0 Å². The fourth-order valence-electron chi connectivity index (χ4n) is 3.76. The van der Waals surface area contributed by atoms with E-state index in [1.54, 1.807) is 0 Å². The van der Waals surface area contributed by atoms with Crippen LogP contribution in [0.4, 0.5) is 0 Å². The highest BCUT2D eigenvalue weighted by Gasteiger charge is 2.20. The highest BCUT2D eigenvalue weighted by atomic mass is 16.5. The summed E-state index contributed by atoms with van der Waals surface area (Å²) in [6.07, 6.45) is 3.11. The summed E-state index contributed by atoms with van der Waals surface area (Å²) >= 11 is 0. The lowest BCUT2D eigenvalue weighted by Crippen LogP contribution is -2.36. The topological polar surface area (TPSA) is 18.5 Å². The van der Waals surface area contributed by atoms with Gasteiger partial charge in [0, 0.05) is 12.8 Å². The van der Waals surface area contributed by atoms with Crippen molar-refractivity contribution in [2.24, 2.45) is 0 Å². The molecule has 0 amide bonds. The van der Waals surface area contributed by atoms with Crippen molar-refractivity contribution in [3.05, 3.63) is 47.5 Å². The number of hydrogen-bond donors (Lipinski definition) is 0. The minimum Gasteiger partial charge on any atom is -0.493 e. The van der Waals surface area contributed by atoms with Gasteiger partial charge in [0.2, 0.25) is 0 Å². The second-order valence-electron chi connectivity index (χ2n) is 10.2. The molecule has 4 heteroatoms. The van der Waals surface area contributed by atoms with Crippen molar-refractivity contribution in [2.45, 2.75) is 19.3 Å². The Hall–Kier alpha value is -2.04. The zero-order chi connectivity index (χ0) is 21.1. The Morgan fingerprint density at radius 1 is 0.655 bits per heavy atom. The van der Waals surface area contributed by atoms with Crippen LogP contribution in [0.2, 0.25) is 0 Å². The van der Waals surface area contributed by atoms with Gasteiger partial charge in [-0.25, -0.2) is 0 Å². The Morgan fingerprint density at radius 2 is 1.07 bits per heavy atom. The van der Waals surface area contributed by atoms with E-state index < -0.39 is 0 Å². The molecule has 3 rings (SSSR count). The molecule has 0 fully saturated rings. The summed E-state index contributed by atoms with van der Waals surface area (Å²) in [6, 6.07) is 13.1. The van der Waals surface area contributed by atoms with E-state index in [2.05, 4.69) is 78.7 Å². The van der Waals surface area contributed by atoms with Gasteiger partial charge in [-0.05, 0) is 52.9 Å². The lowest BCUT2D eigenvalue weighted by molar-refractivity contribution is -0.870. The molecule has 0 heterocycles. The normalized spacial score (nSPS) is 13.2. The van der Waals surface area contributed by atoms with Crippen LogP contribution in [0, 0.1) is 0 Å². The third-order valence-corrected chi connectivity index (χ3v) is 5.32. The number of hydrogen-bond acceptors (Lipinski definition) is 2. The SMILES string of the molecule is C[N+](C)(C)CCCOc1ccc2c(c1)-c1cc(OCCC[N+](C)(C)C)ccc1C2. The summed E-state index contributed by atoms with van der Waals surface area (Å²) in [5, 5.41) is 0. The Bertz CT molecular complexity index is 762. The largest absolute Gasteiger partial charge is 0.493 e. The maximum atomic E-state index is 6.04. The zero-order valence-electron chi connectivity index (χ0n) is 19.1. The summed E-state index contributed by atoms with van der Waals surface area (Å²) in [7, 11) is 13.3. The first kappa shape index (κ1) is 21.7. The molecule has 2 aromatic rings. The molecule has 0 saturated heterocycles. The Kier molecular flexibility index (Phi) is 6.55. The van der Waals surface area contributed by atoms with Gasteiger partial charge >= 0.3 is 0 Å². The van der Waals surface area contributed by atoms with E-state index in [1.165, 1.54) is 22.3 Å². The molecule has 0 N–H and O–H groups in total. The van der Waals surface area contributed by atoms with Gasteiger partial charge in [-0.2, -0.15) is 0 Å². The average molecular weight is 399 g/mol. The molecule has 1 aliphatic carbocycles. The highest BCUT2D eigenvalue weighted by molar-refractivity contribution is 5.78. The van der Waals surface area contributed by atoms with Crippen LogP contribution in [0.5, 0.6) is 11.5 Å². The van der Waals surface area contributed by atoms with Crippen LogP contribution in [0.15, 0.2) is 36.4 Å². The first-order valence-corrected chi connectivity index (χ1v) is 10.7. The van der Waals surface area contributed by atoms with Crippen LogP contribution in [-0.4, -0.2) is 77.6 Å². The number of benzene rings is 2. The predicted octanol–water partition coefficient (Wildman–Crippen LogP) is 4.21. The number of nitrogens with zero attached hydrogens (tertiary/aromatic N) is 2. The molecule has 29 heavy (non-hydrogen) atoms. The quantitative estimate of drug-likeness (QED) is 0.376. The van der Waals surface area contributed by atoms with E-state index in [0.717, 1.165) is 66.0 Å². The maximum Gasteiger partial charge on any atom is 0.119 e. The highest BCUT2D eigenvalue weighted by Crippen LogP contribution is 2.40. The second kappa shape index (κ2) is 8.76. The van der Waals surface area contributed by atoms with Crippen molar-refractivity contribution in [3.63, 3.8) is 0 Å². The van der Waals surface area contributed by atoms with E-state index in [9.17, 15) is 0 Å². The maximum absolute atomic E-state index is 6.04. The average Bonchev–Trinajstić information content (AvgIpc) is 2.98. The molecule has 4 nitrogen and oxygen atoms in total. The molecule has 0 bridgehead atoms. The molecule has 0 spiro atoms. The fraction of sp³-hybridized carbons (Fsp3) is 0.520. The molecule has 0 aromatic heterocycles. The standard InChI is InChI=1S/C25H38N2O2/c1-26(2,3)13-7-15-28-22-11-9-20-17-21-10-12-23(19-25(21)24(20)18-22)29-16-8-14-27(4,5)6/h9-12,18-19H,7-8,13-17H2,1-6H3/q+2. The molecular formula is C25H38N2O2+2. The number of ether oxygens (including phenoxy) is 2. The fourth-order valence-corrected chi connectivity index (χ4v) is 3.76. The number of fused-ring (bicyclic) bond motifs is 3. The molecule has 0 unspecified atom stereocenters. The van der Waals surface area contributed by atoms with E-state index >= 15 is 0 Å². The Labute approximate surface area is 176 Å². The Morgan fingerprint density at radius 3 is 1.45 bits per heavy atom. The van der Waals surface area contributed by atoms with E-state index in [-0.39, 0.29) is 0 Å². The second-order valence-corrected chi connectivity index (χ2v) is 10.2. The third kappa shape index (κ3) is 6.48. The van der Waals surface area contributed by atoms with Gasteiger partial charge in [0.05, 0.1) is 68.6 Å². The zero-order valence-corrected chi connectivity index (χ0v) is 19.1. The Balaban J connectivity index is 1.62. The molecule has 0 saturated carbocycles. The van der Waals surface area contributed by atoms with Crippen molar-refractivity contribution in [1.29, 1.82) is 0 Å². The van der Waals surface area contributed by atoms with Gasteiger partial charge in [0.15, 0.2) is 0 Å². The molecule has 0 radical (unpaired) electrons. The van der Waals surface area contributed by atoms with Crippen LogP contribution in [0.3, 0.4) is 0 Å². The van der Waals surface area contributed by atoms with Crippen molar-refractivity contribution < 1.29 is 18.4 Å². The van der Waals surface area contributed by atoms with Gasteiger partial charge < -0.3 is 18.4 Å². The lowest BCUT2D eigenvalue weighted by atomic mass is 10.1. The monoisotopic (exact) mass is 398 g/mol. The van der Waals surface area contributed by atoms with E-state index in [0.29, 0.717) is 0 Å². The molecule has 158 valence electrons. The molecule has 2 aromatic carbocycles. The summed E-state index contributed by atoms with van der Waals surface area (Å²) in [5.41, 5.74) is 5.34. The summed E-state index contributed by atoms with van der Waals surface area (Å²) < 4.78 is 14.0. The van der Waals surface area contributed by atoms with Crippen molar-refractivity contribution in [3.8, 4) is 22.6 Å². The van der Waals surface area contributed by atoms with Crippen LogP contribution in [-0.2, 0) is 6.42 Å². The molecule has 0 atom stereocenters. The predicted molar refractivity (Wildman–Crippen MR) is 121 cm³/mol. The van der Waals surface area contributed by atoms with Crippen LogP contribution >= 0.6 is 0 Å². The van der Waals surface area contributed by atoms with Crippen LogP contribution < -0.4 is 9.47 Å². The molecule has 0 aliphatic heterocycles. The van der Waals surface area contributed by atoms with Crippen molar-refractivity contribution in [2.75, 3.05) is 68.6 Å². The smallest absolute Gasteiger partial charge is 0.119 e. The van der Waals surface area contributed by atoms with Gasteiger partial charge in [0.1, 0.15) is 11.5 Å². The minimum atomic E-state index is 0.761. The van der Waals surface area contributed by atoms with Crippen LogP contribution in [0.25, 0.3) is 11.1 Å². The van der Waals surface area contributed by atoms with E-state index in [1.807, 2.05) is 0 Å². The van der Waals surface area contributed by atoms with E-state index in [4.69, 9.17) is 9.47 Å².